The molecule has 1 aliphatic heterocycles. The van der Waals surface area contributed by atoms with Crippen molar-refractivity contribution in [1.29, 1.82) is 0 Å². The van der Waals surface area contributed by atoms with Crippen LogP contribution in [0, 0.1) is 11.3 Å². The number of nitrogens with one attached hydrogen (secondary N) is 1. The van der Waals surface area contributed by atoms with Crippen molar-refractivity contribution in [2.24, 2.45) is 11.3 Å². The summed E-state index contributed by atoms with van der Waals surface area (Å²) in [7, 11) is 1.81. The van der Waals surface area contributed by atoms with E-state index in [0.717, 1.165) is 13.2 Å². The van der Waals surface area contributed by atoms with E-state index in [-0.39, 0.29) is 5.41 Å². The van der Waals surface area contributed by atoms with E-state index >= 15 is 0 Å². The zero-order chi connectivity index (χ0) is 10.3. The summed E-state index contributed by atoms with van der Waals surface area (Å²) in [6.45, 7) is 8.56. The number of hydrogen-bond donors (Lipinski definition) is 1. The smallest absolute Gasteiger partial charge is 0.0677 e. The third kappa shape index (κ3) is 1.38. The van der Waals surface area contributed by atoms with Gasteiger partial charge in [0.1, 0.15) is 0 Å². The Morgan fingerprint density at radius 2 is 2.00 bits per heavy atom. The maximum atomic E-state index is 5.51. The van der Waals surface area contributed by atoms with Crippen LogP contribution in [0.2, 0.25) is 0 Å². The first-order valence-electron chi connectivity index (χ1n) is 5.44. The minimum absolute atomic E-state index is 0.254. The highest BCUT2D eigenvalue weighted by Crippen LogP contribution is 2.47. The summed E-state index contributed by atoms with van der Waals surface area (Å²) in [5.74, 6) is 0.607. The molecule has 82 valence electrons. The molecule has 3 heteroatoms. The maximum Gasteiger partial charge on any atom is 0.0677 e. The minimum Gasteiger partial charge on any atom is -0.380 e. The molecule has 1 aliphatic carbocycles. The molecule has 0 aromatic rings. The second-order valence-corrected chi connectivity index (χ2v) is 5.22. The molecule has 0 radical (unpaired) electrons. The molecule has 0 spiro atoms. The fourth-order valence-corrected chi connectivity index (χ4v) is 3.06. The average Bonchev–Trinajstić information content (AvgIpc) is 2.01. The van der Waals surface area contributed by atoms with Crippen LogP contribution >= 0.6 is 0 Å². The molecule has 1 N–H and O–H groups in total. The van der Waals surface area contributed by atoms with Crippen molar-refractivity contribution in [2.75, 3.05) is 20.3 Å². The number of methoxy groups -OCH3 is 1. The Bertz CT molecular complexity index is 213. The Labute approximate surface area is 86.2 Å². The van der Waals surface area contributed by atoms with E-state index in [1.165, 1.54) is 0 Å². The van der Waals surface area contributed by atoms with Gasteiger partial charge in [0.2, 0.25) is 0 Å². The molecule has 0 aromatic carbocycles. The summed E-state index contributed by atoms with van der Waals surface area (Å²) >= 11 is 0. The number of rotatable bonds is 3. The van der Waals surface area contributed by atoms with Gasteiger partial charge in [-0.25, -0.2) is 0 Å². The largest absolute Gasteiger partial charge is 0.380 e. The third-order valence-corrected chi connectivity index (χ3v) is 3.85. The molecule has 14 heavy (non-hydrogen) atoms. The predicted molar refractivity (Wildman–Crippen MR) is 55.3 cm³/mol. The van der Waals surface area contributed by atoms with Gasteiger partial charge in [-0.05, 0) is 5.92 Å². The maximum absolute atomic E-state index is 5.51. The van der Waals surface area contributed by atoms with Crippen LogP contribution < -0.4 is 5.32 Å². The lowest BCUT2D eigenvalue weighted by Crippen LogP contribution is -2.70. The average molecular weight is 199 g/mol. The molecule has 3 nitrogen and oxygen atoms in total. The standard InChI is InChI=1S/C11H21NO2/c1-7-9(12-8-5-14-6-8)11(2,3)10(7)13-4/h7-10,12H,5-6H2,1-4H3. The molecular formula is C11H21NO2. The van der Waals surface area contributed by atoms with Gasteiger partial charge in [-0.2, -0.15) is 0 Å². The molecule has 3 unspecified atom stereocenters. The molecule has 2 rings (SSSR count). The molecular weight excluding hydrogens is 178 g/mol. The van der Waals surface area contributed by atoms with Crippen molar-refractivity contribution in [1.82, 2.24) is 5.32 Å². The molecule has 1 saturated carbocycles. The van der Waals surface area contributed by atoms with Crippen LogP contribution in [0.15, 0.2) is 0 Å². The van der Waals surface area contributed by atoms with Gasteiger partial charge in [-0.3, -0.25) is 0 Å². The van der Waals surface area contributed by atoms with Crippen molar-refractivity contribution in [3.8, 4) is 0 Å². The summed E-state index contributed by atoms with van der Waals surface area (Å²) < 4.78 is 10.7. The van der Waals surface area contributed by atoms with E-state index in [4.69, 9.17) is 9.47 Å². The molecule has 2 fully saturated rings. The lowest BCUT2D eigenvalue weighted by atomic mass is 9.57. The van der Waals surface area contributed by atoms with Crippen molar-refractivity contribution in [3.63, 3.8) is 0 Å². The summed E-state index contributed by atoms with van der Waals surface area (Å²) in [5, 5.41) is 3.65. The Hall–Kier alpha value is -0.120. The van der Waals surface area contributed by atoms with Gasteiger partial charge in [0, 0.05) is 18.6 Å². The molecule has 0 amide bonds. The summed E-state index contributed by atoms with van der Waals surface area (Å²) in [4.78, 5) is 0. The van der Waals surface area contributed by atoms with Crippen LogP contribution in [-0.2, 0) is 9.47 Å². The summed E-state index contributed by atoms with van der Waals surface area (Å²) in [6.07, 6.45) is 0.390. The topological polar surface area (TPSA) is 30.5 Å². The Morgan fingerprint density at radius 3 is 2.36 bits per heavy atom. The van der Waals surface area contributed by atoms with Crippen LogP contribution in [-0.4, -0.2) is 38.5 Å². The van der Waals surface area contributed by atoms with E-state index in [2.05, 4.69) is 26.1 Å². The zero-order valence-electron chi connectivity index (χ0n) is 9.54. The fourth-order valence-electron chi connectivity index (χ4n) is 3.06. The van der Waals surface area contributed by atoms with E-state index < -0.39 is 0 Å². The second kappa shape index (κ2) is 3.47. The van der Waals surface area contributed by atoms with Gasteiger partial charge in [-0.15, -0.1) is 0 Å². The van der Waals surface area contributed by atoms with Crippen molar-refractivity contribution in [3.05, 3.63) is 0 Å². The molecule has 0 bridgehead atoms. The molecule has 2 aliphatic rings. The van der Waals surface area contributed by atoms with Crippen molar-refractivity contribution in [2.45, 2.75) is 39.0 Å². The van der Waals surface area contributed by atoms with E-state index in [1.54, 1.807) is 0 Å². The van der Waals surface area contributed by atoms with Crippen LogP contribution in [0.1, 0.15) is 20.8 Å². The monoisotopic (exact) mass is 199 g/mol. The predicted octanol–water partition coefficient (Wildman–Crippen LogP) is 1.03. The number of hydrogen-bond acceptors (Lipinski definition) is 3. The van der Waals surface area contributed by atoms with Crippen LogP contribution in [0.4, 0.5) is 0 Å². The normalized spacial score (nSPS) is 41.6. The SMILES string of the molecule is COC1C(C)C(NC2COC2)C1(C)C. The van der Waals surface area contributed by atoms with Crippen LogP contribution in [0.3, 0.4) is 0 Å². The highest BCUT2D eigenvalue weighted by molar-refractivity contribution is 5.08. The van der Waals surface area contributed by atoms with Crippen molar-refractivity contribution < 1.29 is 9.47 Å². The van der Waals surface area contributed by atoms with Gasteiger partial charge < -0.3 is 14.8 Å². The van der Waals surface area contributed by atoms with E-state index in [0.29, 0.717) is 24.1 Å². The molecule has 1 saturated heterocycles. The lowest BCUT2D eigenvalue weighted by Gasteiger charge is -2.58. The number of ether oxygens (including phenoxy) is 2. The fraction of sp³-hybridized carbons (Fsp3) is 1.00. The third-order valence-electron chi connectivity index (χ3n) is 3.85. The second-order valence-electron chi connectivity index (χ2n) is 5.22. The van der Waals surface area contributed by atoms with E-state index in [1.807, 2.05) is 7.11 Å². The Kier molecular flexibility index (Phi) is 2.58. The first-order valence-corrected chi connectivity index (χ1v) is 5.44. The van der Waals surface area contributed by atoms with Gasteiger partial charge in [0.15, 0.2) is 0 Å². The van der Waals surface area contributed by atoms with Gasteiger partial charge in [0.05, 0.1) is 25.4 Å². The van der Waals surface area contributed by atoms with Crippen molar-refractivity contribution >= 4 is 0 Å². The lowest BCUT2D eigenvalue weighted by molar-refractivity contribution is -0.157. The summed E-state index contributed by atoms with van der Waals surface area (Å²) in [6, 6.07) is 1.14. The Morgan fingerprint density at radius 1 is 1.36 bits per heavy atom. The summed E-state index contributed by atoms with van der Waals surface area (Å²) in [5.41, 5.74) is 0.254. The van der Waals surface area contributed by atoms with Gasteiger partial charge >= 0.3 is 0 Å². The quantitative estimate of drug-likeness (QED) is 0.736. The van der Waals surface area contributed by atoms with Gasteiger partial charge in [0.25, 0.3) is 0 Å². The minimum atomic E-state index is 0.254. The van der Waals surface area contributed by atoms with Crippen LogP contribution in [0.25, 0.3) is 0 Å². The van der Waals surface area contributed by atoms with E-state index in [9.17, 15) is 0 Å². The highest BCUT2D eigenvalue weighted by Gasteiger charge is 2.55. The van der Waals surface area contributed by atoms with Gasteiger partial charge in [-0.1, -0.05) is 20.8 Å². The molecule has 3 atom stereocenters. The zero-order valence-corrected chi connectivity index (χ0v) is 9.54. The first-order chi connectivity index (χ1) is 6.57. The highest BCUT2D eigenvalue weighted by atomic mass is 16.5. The Balaban J connectivity index is 1.92. The van der Waals surface area contributed by atoms with Crippen LogP contribution in [0.5, 0.6) is 0 Å². The first kappa shape index (κ1) is 10.4. The molecule has 1 heterocycles. The molecule has 0 aromatic heterocycles.